The van der Waals surface area contributed by atoms with Gasteiger partial charge in [0.2, 0.25) is 11.9 Å². The summed E-state index contributed by atoms with van der Waals surface area (Å²) in [5, 5.41) is 14.5. The molecule has 0 aliphatic carbocycles. The summed E-state index contributed by atoms with van der Waals surface area (Å²) in [6.07, 6.45) is 2.10. The number of hydrogen-bond acceptors (Lipinski definition) is 8. The molecule has 1 fully saturated rings. The van der Waals surface area contributed by atoms with E-state index in [1.165, 1.54) is 0 Å². The number of ether oxygens (including phenoxy) is 1. The Kier molecular flexibility index (Phi) is 4.76. The molecule has 2 atom stereocenters. The van der Waals surface area contributed by atoms with Gasteiger partial charge in [-0.3, -0.25) is 9.36 Å². The van der Waals surface area contributed by atoms with Gasteiger partial charge < -0.3 is 26.2 Å². The van der Waals surface area contributed by atoms with Crippen molar-refractivity contribution in [3.05, 3.63) is 6.33 Å². The molecule has 2 unspecified atom stereocenters. The fourth-order valence-electron chi connectivity index (χ4n) is 2.70. The summed E-state index contributed by atoms with van der Waals surface area (Å²) in [7, 11) is 0. The minimum atomic E-state index is -0.474. The molecule has 10 heteroatoms. The minimum absolute atomic E-state index is 0.0412. The Morgan fingerprint density at radius 1 is 1.50 bits per heavy atom. The zero-order valence-corrected chi connectivity index (χ0v) is 13.4. The smallest absolute Gasteiger partial charge is 0.249 e. The molecule has 1 amide bonds. The Balaban J connectivity index is 1.85. The predicted octanol–water partition coefficient (Wildman–Crippen LogP) is -0.374. The Morgan fingerprint density at radius 3 is 3.08 bits per heavy atom. The number of fused-ring (bicyclic) bond motifs is 1. The maximum Gasteiger partial charge on any atom is 0.249 e. The highest BCUT2D eigenvalue weighted by Crippen LogP contribution is 2.31. The van der Waals surface area contributed by atoms with Crippen molar-refractivity contribution in [3.63, 3.8) is 0 Å². The van der Waals surface area contributed by atoms with Gasteiger partial charge in [0.15, 0.2) is 11.5 Å². The zero-order chi connectivity index (χ0) is 17.1. The number of aromatic nitrogens is 4. The first-order valence-electron chi connectivity index (χ1n) is 7.92. The van der Waals surface area contributed by atoms with E-state index in [2.05, 4.69) is 25.6 Å². The van der Waals surface area contributed by atoms with Gasteiger partial charge in [-0.05, 0) is 19.8 Å². The van der Waals surface area contributed by atoms with Crippen molar-refractivity contribution >= 4 is 28.8 Å². The van der Waals surface area contributed by atoms with Crippen molar-refractivity contribution in [2.75, 3.05) is 30.7 Å². The van der Waals surface area contributed by atoms with E-state index in [-0.39, 0.29) is 24.6 Å². The van der Waals surface area contributed by atoms with Crippen molar-refractivity contribution in [3.8, 4) is 0 Å². The summed E-state index contributed by atoms with van der Waals surface area (Å²) >= 11 is 0. The molecule has 0 spiro atoms. The number of amides is 1. The SMILES string of the molecule is CCNC(=O)C1CCC(n2cnc3c(N)nc(NCCO)nc32)O1. The van der Waals surface area contributed by atoms with Gasteiger partial charge in [-0.2, -0.15) is 9.97 Å². The first kappa shape index (κ1) is 16.4. The van der Waals surface area contributed by atoms with E-state index in [0.29, 0.717) is 43.0 Å². The van der Waals surface area contributed by atoms with Gasteiger partial charge in [0.25, 0.3) is 0 Å². The van der Waals surface area contributed by atoms with Crippen molar-refractivity contribution in [1.82, 2.24) is 24.8 Å². The molecule has 0 aromatic carbocycles. The predicted molar refractivity (Wildman–Crippen MR) is 87.1 cm³/mol. The molecule has 2 aromatic rings. The van der Waals surface area contributed by atoms with Gasteiger partial charge in [0.1, 0.15) is 17.8 Å². The third kappa shape index (κ3) is 3.10. The molecule has 0 radical (unpaired) electrons. The normalized spacial score (nSPS) is 20.4. The second kappa shape index (κ2) is 6.97. The Bertz CT molecular complexity index is 732. The molecule has 0 saturated carbocycles. The van der Waals surface area contributed by atoms with Gasteiger partial charge in [-0.25, -0.2) is 4.98 Å². The third-order valence-electron chi connectivity index (χ3n) is 3.79. The molecule has 10 nitrogen and oxygen atoms in total. The lowest BCUT2D eigenvalue weighted by molar-refractivity contribution is -0.133. The maximum absolute atomic E-state index is 11.9. The molecule has 1 saturated heterocycles. The highest BCUT2D eigenvalue weighted by atomic mass is 16.5. The Hall–Kier alpha value is -2.46. The second-order valence-corrected chi connectivity index (χ2v) is 5.46. The molecule has 130 valence electrons. The van der Waals surface area contributed by atoms with Crippen LogP contribution >= 0.6 is 0 Å². The van der Waals surface area contributed by atoms with Gasteiger partial charge in [0, 0.05) is 13.1 Å². The van der Waals surface area contributed by atoms with E-state index in [1.54, 1.807) is 10.9 Å². The average molecular weight is 335 g/mol. The first-order valence-corrected chi connectivity index (χ1v) is 7.92. The number of likely N-dealkylation sites (N-methyl/N-ethyl adjacent to an activating group) is 1. The van der Waals surface area contributed by atoms with Crippen molar-refractivity contribution in [1.29, 1.82) is 0 Å². The van der Waals surface area contributed by atoms with E-state index in [9.17, 15) is 4.79 Å². The molecule has 1 aliphatic heterocycles. The molecule has 5 N–H and O–H groups in total. The fraction of sp³-hybridized carbons (Fsp3) is 0.571. The van der Waals surface area contributed by atoms with E-state index in [4.69, 9.17) is 15.6 Å². The van der Waals surface area contributed by atoms with Crippen LogP contribution in [0.2, 0.25) is 0 Å². The number of hydrogen-bond donors (Lipinski definition) is 4. The third-order valence-corrected chi connectivity index (χ3v) is 3.79. The van der Waals surface area contributed by atoms with Crippen LogP contribution in [0.4, 0.5) is 11.8 Å². The number of rotatable bonds is 6. The maximum atomic E-state index is 11.9. The van der Waals surface area contributed by atoms with Crippen molar-refractivity contribution in [2.24, 2.45) is 0 Å². The number of imidazole rings is 1. The van der Waals surface area contributed by atoms with Crippen LogP contribution in [-0.2, 0) is 9.53 Å². The fourth-order valence-corrected chi connectivity index (χ4v) is 2.70. The largest absolute Gasteiger partial charge is 0.395 e. The molecule has 1 aliphatic rings. The summed E-state index contributed by atoms with van der Waals surface area (Å²) in [4.78, 5) is 24.7. The quantitative estimate of drug-likeness (QED) is 0.560. The monoisotopic (exact) mass is 335 g/mol. The lowest BCUT2D eigenvalue weighted by Gasteiger charge is -2.15. The summed E-state index contributed by atoms with van der Waals surface area (Å²) < 4.78 is 7.60. The highest BCUT2D eigenvalue weighted by Gasteiger charge is 2.32. The molecule has 24 heavy (non-hydrogen) atoms. The van der Waals surface area contributed by atoms with Crippen LogP contribution < -0.4 is 16.4 Å². The molecule has 0 bridgehead atoms. The Labute approximate surface area is 138 Å². The summed E-state index contributed by atoms with van der Waals surface area (Å²) in [6.45, 7) is 2.72. The van der Waals surface area contributed by atoms with E-state index < -0.39 is 6.10 Å². The van der Waals surface area contributed by atoms with Gasteiger partial charge >= 0.3 is 0 Å². The Morgan fingerprint density at radius 2 is 2.33 bits per heavy atom. The number of nitrogens with two attached hydrogens (primary N) is 1. The topological polar surface area (TPSA) is 140 Å². The standard InChI is InChI=1S/C14H21N7O3/c1-2-16-13(23)8-3-4-9(24-8)21-7-18-10-11(15)19-14(17-5-6-22)20-12(10)21/h7-9,22H,2-6H2,1H3,(H,16,23)(H3,15,17,19,20). The summed E-state index contributed by atoms with van der Waals surface area (Å²) in [5.74, 6) is 0.454. The van der Waals surface area contributed by atoms with Gasteiger partial charge in [-0.1, -0.05) is 0 Å². The highest BCUT2D eigenvalue weighted by molar-refractivity contribution is 5.83. The number of carbonyl (C=O) groups is 1. The van der Waals surface area contributed by atoms with Crippen LogP contribution in [0.15, 0.2) is 6.33 Å². The number of nitrogens with zero attached hydrogens (tertiary/aromatic N) is 4. The number of anilines is 2. The van der Waals surface area contributed by atoms with Gasteiger partial charge in [-0.15, -0.1) is 0 Å². The van der Waals surface area contributed by atoms with Crippen LogP contribution in [-0.4, -0.2) is 56.3 Å². The average Bonchev–Trinajstić information content (AvgIpc) is 3.19. The van der Waals surface area contributed by atoms with Crippen LogP contribution in [0.1, 0.15) is 26.0 Å². The summed E-state index contributed by atoms with van der Waals surface area (Å²) in [5.41, 5.74) is 6.93. The van der Waals surface area contributed by atoms with Crippen LogP contribution in [0.3, 0.4) is 0 Å². The van der Waals surface area contributed by atoms with Gasteiger partial charge in [0.05, 0.1) is 12.9 Å². The van der Waals surface area contributed by atoms with E-state index in [1.807, 2.05) is 6.92 Å². The van der Waals surface area contributed by atoms with Crippen molar-refractivity contribution in [2.45, 2.75) is 32.1 Å². The van der Waals surface area contributed by atoms with Crippen LogP contribution in [0.25, 0.3) is 11.2 Å². The molecular weight excluding hydrogens is 314 g/mol. The number of nitrogen functional groups attached to an aromatic ring is 1. The number of nitrogens with one attached hydrogen (secondary N) is 2. The zero-order valence-electron chi connectivity index (χ0n) is 13.4. The van der Waals surface area contributed by atoms with E-state index in [0.717, 1.165) is 0 Å². The first-order chi connectivity index (χ1) is 11.6. The molecular formula is C14H21N7O3. The molecule has 3 heterocycles. The number of carbonyl (C=O) groups excluding carboxylic acids is 1. The molecule has 2 aromatic heterocycles. The minimum Gasteiger partial charge on any atom is -0.395 e. The van der Waals surface area contributed by atoms with Crippen LogP contribution in [0.5, 0.6) is 0 Å². The lowest BCUT2D eigenvalue weighted by Crippen LogP contribution is -2.34. The second-order valence-electron chi connectivity index (χ2n) is 5.46. The number of aliphatic hydroxyl groups is 1. The van der Waals surface area contributed by atoms with E-state index >= 15 is 0 Å². The number of aliphatic hydroxyl groups excluding tert-OH is 1. The lowest BCUT2D eigenvalue weighted by atomic mass is 10.2. The van der Waals surface area contributed by atoms with Crippen LogP contribution in [0, 0.1) is 0 Å². The summed E-state index contributed by atoms with van der Waals surface area (Å²) in [6, 6.07) is 0. The molecule has 3 rings (SSSR count). The van der Waals surface area contributed by atoms with Crippen molar-refractivity contribution < 1.29 is 14.6 Å².